The van der Waals surface area contributed by atoms with E-state index in [0.717, 1.165) is 0 Å². The molecule has 0 atom stereocenters. The molecule has 0 unspecified atom stereocenters. The zero-order chi connectivity index (χ0) is 20.9. The number of morpholine rings is 1. The van der Waals surface area contributed by atoms with Gasteiger partial charge in [0.1, 0.15) is 11.5 Å². The van der Waals surface area contributed by atoms with Gasteiger partial charge in [-0.3, -0.25) is 4.79 Å². The Bertz CT molecular complexity index is 959. The number of nitrogens with one attached hydrogen (secondary N) is 1. The Morgan fingerprint density at radius 2 is 1.86 bits per heavy atom. The molecule has 10 heteroatoms. The summed E-state index contributed by atoms with van der Waals surface area (Å²) in [7, 11) is -2.06. The third-order valence-corrected chi connectivity index (χ3v) is 6.45. The molecule has 1 heterocycles. The first kappa shape index (κ1) is 21.4. The molecule has 3 rings (SSSR count). The van der Waals surface area contributed by atoms with Gasteiger partial charge < -0.3 is 19.5 Å². The Hall–Kier alpha value is -2.33. The lowest BCUT2D eigenvalue weighted by Gasteiger charge is -2.26. The van der Waals surface area contributed by atoms with Gasteiger partial charge in [0, 0.05) is 18.8 Å². The molecule has 0 aliphatic carbocycles. The second-order valence-electron chi connectivity index (χ2n) is 6.17. The maximum atomic E-state index is 12.6. The lowest BCUT2D eigenvalue weighted by molar-refractivity contribution is -0.118. The Balaban J connectivity index is 1.56. The summed E-state index contributed by atoms with van der Waals surface area (Å²) in [5.41, 5.74) is 0.511. The predicted molar refractivity (Wildman–Crippen MR) is 108 cm³/mol. The van der Waals surface area contributed by atoms with E-state index in [4.69, 9.17) is 25.8 Å². The number of anilines is 1. The first-order valence-electron chi connectivity index (χ1n) is 8.84. The van der Waals surface area contributed by atoms with Crippen molar-refractivity contribution in [2.24, 2.45) is 0 Å². The molecule has 1 aliphatic heterocycles. The van der Waals surface area contributed by atoms with Crippen LogP contribution >= 0.6 is 11.6 Å². The molecule has 1 saturated heterocycles. The molecule has 2 aromatic carbocycles. The van der Waals surface area contributed by atoms with Crippen LogP contribution in [0.4, 0.5) is 5.69 Å². The van der Waals surface area contributed by atoms with Gasteiger partial charge >= 0.3 is 0 Å². The molecule has 1 amide bonds. The summed E-state index contributed by atoms with van der Waals surface area (Å²) in [4.78, 5) is 12.2. The van der Waals surface area contributed by atoms with Gasteiger partial charge in [0.25, 0.3) is 5.91 Å². The molecule has 2 aromatic rings. The molecule has 1 fully saturated rings. The number of hydrogen-bond acceptors (Lipinski definition) is 6. The molecule has 0 radical (unpaired) electrons. The number of ether oxygens (including phenoxy) is 3. The van der Waals surface area contributed by atoms with E-state index in [2.05, 4.69) is 5.32 Å². The van der Waals surface area contributed by atoms with Gasteiger partial charge in [-0.15, -0.1) is 0 Å². The second kappa shape index (κ2) is 9.45. The number of hydrogen-bond donors (Lipinski definition) is 1. The van der Waals surface area contributed by atoms with E-state index in [1.54, 1.807) is 18.2 Å². The number of methoxy groups -OCH3 is 1. The van der Waals surface area contributed by atoms with Gasteiger partial charge in [-0.2, -0.15) is 4.31 Å². The minimum absolute atomic E-state index is 0.170. The van der Waals surface area contributed by atoms with Crippen LogP contribution in [-0.4, -0.2) is 58.7 Å². The molecular weight excluding hydrogens is 420 g/mol. The number of amides is 1. The molecule has 0 spiro atoms. The summed E-state index contributed by atoms with van der Waals surface area (Å²) < 4.78 is 42.2. The quantitative estimate of drug-likeness (QED) is 0.710. The van der Waals surface area contributed by atoms with Gasteiger partial charge in [0.05, 0.1) is 30.2 Å². The fourth-order valence-corrected chi connectivity index (χ4v) is 4.40. The van der Waals surface area contributed by atoms with Gasteiger partial charge in [0.15, 0.2) is 6.61 Å². The SMILES string of the molecule is COc1ccc(NC(=O)COc2ccc(S(=O)(=O)N3CCOCC3)cc2)cc1Cl. The van der Waals surface area contributed by atoms with Crippen LogP contribution in [0.15, 0.2) is 47.4 Å². The lowest BCUT2D eigenvalue weighted by atomic mass is 10.3. The van der Waals surface area contributed by atoms with Crippen molar-refractivity contribution in [1.29, 1.82) is 0 Å². The average molecular weight is 441 g/mol. The van der Waals surface area contributed by atoms with E-state index in [9.17, 15) is 13.2 Å². The maximum Gasteiger partial charge on any atom is 0.262 e. The van der Waals surface area contributed by atoms with Crippen molar-refractivity contribution >= 4 is 33.2 Å². The van der Waals surface area contributed by atoms with Crippen LogP contribution in [0.2, 0.25) is 5.02 Å². The molecule has 156 valence electrons. The largest absolute Gasteiger partial charge is 0.495 e. The molecule has 29 heavy (non-hydrogen) atoms. The number of sulfonamides is 1. The van der Waals surface area contributed by atoms with Crippen molar-refractivity contribution in [3.05, 3.63) is 47.5 Å². The highest BCUT2D eigenvalue weighted by atomic mass is 35.5. The summed E-state index contributed by atoms with van der Waals surface area (Å²) in [5, 5.41) is 3.04. The third kappa shape index (κ3) is 5.39. The highest BCUT2D eigenvalue weighted by molar-refractivity contribution is 7.89. The summed E-state index contributed by atoms with van der Waals surface area (Å²) in [5.74, 6) is 0.512. The monoisotopic (exact) mass is 440 g/mol. The van der Waals surface area contributed by atoms with E-state index in [-0.39, 0.29) is 17.4 Å². The van der Waals surface area contributed by atoms with Crippen LogP contribution in [0.3, 0.4) is 0 Å². The van der Waals surface area contributed by atoms with Crippen molar-refractivity contribution in [3.8, 4) is 11.5 Å². The van der Waals surface area contributed by atoms with Crippen molar-refractivity contribution in [2.45, 2.75) is 4.90 Å². The van der Waals surface area contributed by atoms with E-state index in [0.29, 0.717) is 48.5 Å². The minimum Gasteiger partial charge on any atom is -0.495 e. The first-order chi connectivity index (χ1) is 13.9. The van der Waals surface area contributed by atoms with E-state index in [1.165, 1.54) is 35.7 Å². The van der Waals surface area contributed by atoms with Gasteiger partial charge in [-0.25, -0.2) is 8.42 Å². The Labute approximate surface area is 174 Å². The first-order valence-corrected chi connectivity index (χ1v) is 10.7. The summed E-state index contributed by atoms with van der Waals surface area (Å²) >= 11 is 6.03. The normalized spacial score (nSPS) is 15.0. The number of nitrogens with zero attached hydrogens (tertiary/aromatic N) is 1. The lowest BCUT2D eigenvalue weighted by Crippen LogP contribution is -2.40. The van der Waals surface area contributed by atoms with E-state index < -0.39 is 10.0 Å². The van der Waals surface area contributed by atoms with Crippen molar-refractivity contribution in [1.82, 2.24) is 4.31 Å². The maximum absolute atomic E-state index is 12.6. The predicted octanol–water partition coefficient (Wildman–Crippen LogP) is 2.39. The fraction of sp³-hybridized carbons (Fsp3) is 0.316. The summed E-state index contributed by atoms with van der Waals surface area (Å²) in [6.45, 7) is 1.19. The standard InChI is InChI=1S/C19H21ClN2O6S/c1-26-18-7-2-14(12-17(18)20)21-19(23)13-28-15-3-5-16(6-4-15)29(24,25)22-8-10-27-11-9-22/h2-7,12H,8-11,13H2,1H3,(H,21,23). The third-order valence-electron chi connectivity index (χ3n) is 4.24. The van der Waals surface area contributed by atoms with Crippen LogP contribution < -0.4 is 14.8 Å². The van der Waals surface area contributed by atoms with Crippen molar-refractivity contribution in [2.75, 3.05) is 45.3 Å². The molecular formula is C19H21ClN2O6S. The Morgan fingerprint density at radius 3 is 2.48 bits per heavy atom. The highest BCUT2D eigenvalue weighted by Crippen LogP contribution is 2.27. The molecule has 8 nitrogen and oxygen atoms in total. The number of benzene rings is 2. The smallest absolute Gasteiger partial charge is 0.262 e. The second-order valence-corrected chi connectivity index (χ2v) is 8.52. The number of carbonyl (C=O) groups excluding carboxylic acids is 1. The number of halogens is 1. The van der Waals surface area contributed by atoms with Gasteiger partial charge in [-0.1, -0.05) is 11.6 Å². The van der Waals surface area contributed by atoms with Crippen LogP contribution in [0.5, 0.6) is 11.5 Å². The van der Waals surface area contributed by atoms with Crippen molar-refractivity contribution in [3.63, 3.8) is 0 Å². The highest BCUT2D eigenvalue weighted by Gasteiger charge is 2.26. The summed E-state index contributed by atoms with van der Waals surface area (Å²) in [6.07, 6.45) is 0. The molecule has 0 saturated carbocycles. The topological polar surface area (TPSA) is 94.2 Å². The molecule has 1 N–H and O–H groups in total. The Morgan fingerprint density at radius 1 is 1.17 bits per heavy atom. The number of carbonyl (C=O) groups is 1. The van der Waals surface area contributed by atoms with Crippen LogP contribution in [-0.2, 0) is 19.6 Å². The van der Waals surface area contributed by atoms with Crippen molar-refractivity contribution < 1.29 is 27.4 Å². The van der Waals surface area contributed by atoms with Crippen LogP contribution in [0, 0.1) is 0 Å². The van der Waals surface area contributed by atoms with Gasteiger partial charge in [0.2, 0.25) is 10.0 Å². The van der Waals surface area contributed by atoms with E-state index >= 15 is 0 Å². The minimum atomic E-state index is -3.56. The zero-order valence-electron chi connectivity index (χ0n) is 15.8. The van der Waals surface area contributed by atoms with Crippen LogP contribution in [0.25, 0.3) is 0 Å². The molecule has 1 aliphatic rings. The van der Waals surface area contributed by atoms with Gasteiger partial charge in [-0.05, 0) is 42.5 Å². The number of rotatable bonds is 7. The zero-order valence-corrected chi connectivity index (χ0v) is 17.3. The average Bonchev–Trinajstić information content (AvgIpc) is 2.73. The Kier molecular flexibility index (Phi) is 6.96. The fourth-order valence-electron chi connectivity index (χ4n) is 2.73. The summed E-state index contributed by atoms with van der Waals surface area (Å²) in [6, 6.07) is 10.8. The van der Waals surface area contributed by atoms with Crippen LogP contribution in [0.1, 0.15) is 0 Å². The molecule has 0 aromatic heterocycles. The molecule has 0 bridgehead atoms. The van der Waals surface area contributed by atoms with E-state index in [1.807, 2.05) is 0 Å².